The molecular weight excluding hydrogens is 188 g/mol. The van der Waals surface area contributed by atoms with E-state index in [0.717, 1.165) is 18.3 Å². The Morgan fingerprint density at radius 3 is 2.53 bits per heavy atom. The van der Waals surface area contributed by atoms with Gasteiger partial charge in [0.1, 0.15) is 0 Å². The fraction of sp³-hybridized carbons (Fsp3) is 0.909. The first-order chi connectivity index (χ1) is 7.15. The highest BCUT2D eigenvalue weighted by Crippen LogP contribution is 2.34. The van der Waals surface area contributed by atoms with Crippen LogP contribution in [0.5, 0.6) is 0 Å². The number of guanidine groups is 1. The van der Waals surface area contributed by atoms with Gasteiger partial charge in [0.15, 0.2) is 0 Å². The predicted octanol–water partition coefficient (Wildman–Crippen LogP) is 1.38. The summed E-state index contributed by atoms with van der Waals surface area (Å²) in [5.41, 5.74) is 2.63. The molecule has 1 fully saturated rings. The van der Waals surface area contributed by atoms with Crippen LogP contribution in [0, 0.1) is 5.92 Å². The third-order valence-corrected chi connectivity index (χ3v) is 2.65. The monoisotopic (exact) mass is 212 g/mol. The molecule has 88 valence electrons. The van der Waals surface area contributed by atoms with E-state index in [9.17, 15) is 0 Å². The van der Waals surface area contributed by atoms with Crippen LogP contribution in [0.2, 0.25) is 0 Å². The maximum Gasteiger partial charge on any atom is 0.206 e. The number of hydrogen-bond donors (Lipinski definition) is 3. The van der Waals surface area contributed by atoms with E-state index in [1.54, 1.807) is 0 Å². The van der Waals surface area contributed by atoms with Crippen molar-refractivity contribution >= 4 is 5.96 Å². The second kappa shape index (κ2) is 5.95. The first kappa shape index (κ1) is 12.3. The largest absolute Gasteiger partial charge is 0.353 e. The minimum absolute atomic E-state index is 0.359. The molecule has 4 N–H and O–H groups in total. The van der Waals surface area contributed by atoms with Crippen molar-refractivity contribution in [3.63, 3.8) is 0 Å². The summed E-state index contributed by atoms with van der Waals surface area (Å²) in [7, 11) is 0. The first-order valence-electron chi connectivity index (χ1n) is 5.96. The molecule has 1 rings (SSSR count). The molecule has 0 saturated heterocycles. The molecule has 1 saturated carbocycles. The van der Waals surface area contributed by atoms with Crippen molar-refractivity contribution in [2.75, 3.05) is 0 Å². The van der Waals surface area contributed by atoms with Gasteiger partial charge in [-0.1, -0.05) is 19.8 Å². The normalized spacial score (nSPS) is 19.1. The fourth-order valence-electron chi connectivity index (χ4n) is 1.62. The molecule has 4 nitrogen and oxygen atoms in total. The lowest BCUT2D eigenvalue weighted by Crippen LogP contribution is -2.45. The van der Waals surface area contributed by atoms with Crippen molar-refractivity contribution in [2.24, 2.45) is 16.8 Å². The maximum atomic E-state index is 5.43. The number of nitrogens with two attached hydrogens (primary N) is 1. The summed E-state index contributed by atoms with van der Waals surface area (Å²) in [5, 5.41) is 3.20. The van der Waals surface area contributed by atoms with Gasteiger partial charge in [-0.05, 0) is 32.6 Å². The van der Waals surface area contributed by atoms with Crippen LogP contribution in [0.1, 0.15) is 46.5 Å². The van der Waals surface area contributed by atoms with Gasteiger partial charge in [-0.25, -0.2) is 10.8 Å². The summed E-state index contributed by atoms with van der Waals surface area (Å²) in [5.74, 6) is 7.06. The maximum absolute atomic E-state index is 5.43. The predicted molar refractivity (Wildman–Crippen MR) is 64.4 cm³/mol. The lowest BCUT2D eigenvalue weighted by atomic mass is 10.1. The van der Waals surface area contributed by atoms with Crippen LogP contribution in [0.25, 0.3) is 0 Å². The summed E-state index contributed by atoms with van der Waals surface area (Å²) in [6, 6.07) is 0.771. The molecule has 0 aromatic rings. The highest BCUT2D eigenvalue weighted by Gasteiger charge is 2.24. The average Bonchev–Trinajstić information content (AvgIpc) is 2.98. The Bertz CT molecular complexity index is 209. The molecule has 0 aromatic heterocycles. The zero-order valence-electron chi connectivity index (χ0n) is 10.1. The van der Waals surface area contributed by atoms with Crippen LogP contribution >= 0.6 is 0 Å². The lowest BCUT2D eigenvalue weighted by Gasteiger charge is -2.16. The summed E-state index contributed by atoms with van der Waals surface area (Å²) in [4.78, 5) is 4.60. The minimum atomic E-state index is 0.359. The van der Waals surface area contributed by atoms with Crippen molar-refractivity contribution in [1.82, 2.24) is 10.7 Å². The number of rotatable bonds is 5. The van der Waals surface area contributed by atoms with Crippen LogP contribution in [0.15, 0.2) is 4.99 Å². The highest BCUT2D eigenvalue weighted by atomic mass is 15.3. The van der Waals surface area contributed by atoms with Crippen molar-refractivity contribution in [3.05, 3.63) is 0 Å². The van der Waals surface area contributed by atoms with E-state index >= 15 is 0 Å². The minimum Gasteiger partial charge on any atom is -0.353 e. The molecule has 1 aliphatic rings. The van der Waals surface area contributed by atoms with Gasteiger partial charge in [-0.3, -0.25) is 5.43 Å². The quantitative estimate of drug-likeness (QED) is 0.279. The van der Waals surface area contributed by atoms with E-state index in [1.807, 2.05) is 0 Å². The lowest BCUT2D eigenvalue weighted by molar-refractivity contribution is 0.549. The molecular formula is C11H24N4. The van der Waals surface area contributed by atoms with Gasteiger partial charge in [0.05, 0.1) is 6.04 Å². The number of nitrogens with one attached hydrogen (secondary N) is 2. The summed E-state index contributed by atoms with van der Waals surface area (Å²) in [6.07, 6.45) is 5.06. The molecule has 0 radical (unpaired) electrons. The molecule has 0 aliphatic heterocycles. The van der Waals surface area contributed by atoms with Gasteiger partial charge in [0.2, 0.25) is 5.96 Å². The topological polar surface area (TPSA) is 62.4 Å². The number of nitrogens with zero attached hydrogens (tertiary/aromatic N) is 1. The Hall–Kier alpha value is -0.770. The van der Waals surface area contributed by atoms with Gasteiger partial charge in [-0.2, -0.15) is 0 Å². The zero-order valence-corrected chi connectivity index (χ0v) is 10.1. The van der Waals surface area contributed by atoms with Crippen LogP contribution in [0.3, 0.4) is 0 Å². The summed E-state index contributed by atoms with van der Waals surface area (Å²) in [6.45, 7) is 6.34. The Kier molecular flexibility index (Phi) is 4.88. The SMILES string of the molecule is CCC(CC1CC1)N=C(NN)NC(C)C. The van der Waals surface area contributed by atoms with Gasteiger partial charge in [0.25, 0.3) is 0 Å². The van der Waals surface area contributed by atoms with Gasteiger partial charge >= 0.3 is 0 Å². The van der Waals surface area contributed by atoms with Crippen LogP contribution in [-0.2, 0) is 0 Å². The Morgan fingerprint density at radius 1 is 1.47 bits per heavy atom. The molecule has 0 amide bonds. The molecule has 1 unspecified atom stereocenters. The van der Waals surface area contributed by atoms with E-state index in [0.29, 0.717) is 12.1 Å². The summed E-state index contributed by atoms with van der Waals surface area (Å²) >= 11 is 0. The van der Waals surface area contributed by atoms with E-state index in [1.165, 1.54) is 19.3 Å². The third-order valence-electron chi connectivity index (χ3n) is 2.65. The van der Waals surface area contributed by atoms with E-state index in [2.05, 4.69) is 36.5 Å². The van der Waals surface area contributed by atoms with Crippen molar-refractivity contribution in [2.45, 2.75) is 58.5 Å². The smallest absolute Gasteiger partial charge is 0.206 e. The van der Waals surface area contributed by atoms with Crippen molar-refractivity contribution in [3.8, 4) is 0 Å². The van der Waals surface area contributed by atoms with Crippen LogP contribution in [-0.4, -0.2) is 18.0 Å². The highest BCUT2D eigenvalue weighted by molar-refractivity contribution is 5.79. The average molecular weight is 212 g/mol. The number of hydrazine groups is 1. The molecule has 0 spiro atoms. The Labute approximate surface area is 92.7 Å². The van der Waals surface area contributed by atoms with E-state index in [-0.39, 0.29) is 0 Å². The second-order valence-electron chi connectivity index (χ2n) is 4.66. The van der Waals surface area contributed by atoms with Crippen LogP contribution in [0.4, 0.5) is 0 Å². The van der Waals surface area contributed by atoms with Gasteiger partial charge in [-0.15, -0.1) is 0 Å². The number of aliphatic imine (C=N–C) groups is 1. The summed E-state index contributed by atoms with van der Waals surface area (Å²) < 4.78 is 0. The first-order valence-corrected chi connectivity index (χ1v) is 5.96. The molecule has 0 bridgehead atoms. The molecule has 4 heteroatoms. The Balaban J connectivity index is 2.44. The van der Waals surface area contributed by atoms with Crippen LogP contribution < -0.4 is 16.6 Å². The van der Waals surface area contributed by atoms with Gasteiger partial charge < -0.3 is 5.32 Å². The van der Waals surface area contributed by atoms with Crippen molar-refractivity contribution in [1.29, 1.82) is 0 Å². The number of hydrogen-bond acceptors (Lipinski definition) is 2. The second-order valence-corrected chi connectivity index (χ2v) is 4.66. The standard InChI is InChI=1S/C11H24N4/c1-4-10(7-9-5-6-9)14-11(15-12)13-8(2)3/h8-10H,4-7,12H2,1-3H3,(H2,13,14,15). The molecule has 1 aliphatic carbocycles. The third kappa shape index (κ3) is 5.02. The molecule has 0 heterocycles. The van der Waals surface area contributed by atoms with E-state index in [4.69, 9.17) is 5.84 Å². The fourth-order valence-corrected chi connectivity index (χ4v) is 1.62. The Morgan fingerprint density at radius 2 is 2.13 bits per heavy atom. The molecule has 0 aromatic carbocycles. The van der Waals surface area contributed by atoms with Crippen molar-refractivity contribution < 1.29 is 0 Å². The van der Waals surface area contributed by atoms with E-state index < -0.39 is 0 Å². The molecule has 15 heavy (non-hydrogen) atoms. The van der Waals surface area contributed by atoms with Gasteiger partial charge in [0, 0.05) is 6.04 Å². The molecule has 1 atom stereocenters. The zero-order chi connectivity index (χ0) is 11.3.